The van der Waals surface area contributed by atoms with E-state index in [1.165, 1.54) is 41.7 Å². The fourth-order valence-corrected chi connectivity index (χ4v) is 3.21. The highest BCUT2D eigenvalue weighted by Gasteiger charge is 2.09. The molecular weight excluding hydrogens is 240 g/mol. The van der Waals surface area contributed by atoms with Gasteiger partial charge in [0.15, 0.2) is 0 Å². The van der Waals surface area contributed by atoms with E-state index in [0.29, 0.717) is 5.82 Å². The summed E-state index contributed by atoms with van der Waals surface area (Å²) in [5, 5.41) is 0. The number of aryl methyl sites for hydroxylation is 2. The van der Waals surface area contributed by atoms with Crippen molar-refractivity contribution in [2.45, 2.75) is 35.5 Å². The van der Waals surface area contributed by atoms with E-state index in [0.717, 1.165) is 4.90 Å². The SMILES string of the molecule is Nc1ccc(Sc2ccc3c(c2)CCCC3)cn1. The highest BCUT2D eigenvalue weighted by Crippen LogP contribution is 2.31. The minimum absolute atomic E-state index is 0.574. The molecule has 1 aromatic carbocycles. The fraction of sp³-hybridized carbons (Fsp3) is 0.267. The third-order valence-electron chi connectivity index (χ3n) is 3.31. The largest absolute Gasteiger partial charge is 0.384 e. The standard InChI is InChI=1S/C15H16N2S/c16-15-8-7-14(10-17-15)18-13-6-5-11-3-1-2-4-12(11)9-13/h5-10H,1-4H2,(H2,16,17). The van der Waals surface area contributed by atoms with Crippen LogP contribution in [0.4, 0.5) is 5.82 Å². The van der Waals surface area contributed by atoms with E-state index in [1.807, 2.05) is 18.3 Å². The van der Waals surface area contributed by atoms with Gasteiger partial charge in [0.1, 0.15) is 5.82 Å². The molecule has 2 N–H and O–H groups in total. The second-order valence-electron chi connectivity index (χ2n) is 4.66. The quantitative estimate of drug-likeness (QED) is 0.890. The molecule has 1 aliphatic rings. The molecule has 0 unspecified atom stereocenters. The van der Waals surface area contributed by atoms with Crippen molar-refractivity contribution < 1.29 is 0 Å². The van der Waals surface area contributed by atoms with Crippen LogP contribution < -0.4 is 5.73 Å². The number of nitrogens with two attached hydrogens (primary N) is 1. The van der Waals surface area contributed by atoms with Crippen LogP contribution >= 0.6 is 11.8 Å². The van der Waals surface area contributed by atoms with Crippen LogP contribution in [0.15, 0.2) is 46.3 Å². The van der Waals surface area contributed by atoms with Crippen LogP contribution in [0.2, 0.25) is 0 Å². The lowest BCUT2D eigenvalue weighted by Gasteiger charge is -2.16. The summed E-state index contributed by atoms with van der Waals surface area (Å²) < 4.78 is 0. The van der Waals surface area contributed by atoms with Gasteiger partial charge in [-0.2, -0.15) is 0 Å². The fourth-order valence-electron chi connectivity index (χ4n) is 2.36. The molecule has 0 atom stereocenters. The average molecular weight is 256 g/mol. The van der Waals surface area contributed by atoms with E-state index in [4.69, 9.17) is 5.73 Å². The van der Waals surface area contributed by atoms with E-state index in [9.17, 15) is 0 Å². The molecule has 0 bridgehead atoms. The zero-order chi connectivity index (χ0) is 12.4. The zero-order valence-corrected chi connectivity index (χ0v) is 11.0. The molecule has 0 saturated carbocycles. The maximum atomic E-state index is 5.59. The van der Waals surface area contributed by atoms with Gasteiger partial charge >= 0.3 is 0 Å². The van der Waals surface area contributed by atoms with E-state index in [-0.39, 0.29) is 0 Å². The van der Waals surface area contributed by atoms with Gasteiger partial charge in [-0.15, -0.1) is 0 Å². The Labute approximate surface area is 112 Å². The summed E-state index contributed by atoms with van der Waals surface area (Å²) in [6, 6.07) is 10.7. The first-order valence-corrected chi connectivity index (χ1v) is 7.14. The van der Waals surface area contributed by atoms with Crippen LogP contribution in [0.5, 0.6) is 0 Å². The Kier molecular flexibility index (Phi) is 3.24. The normalized spacial score (nSPS) is 14.2. The van der Waals surface area contributed by atoms with Crippen LogP contribution in [0, 0.1) is 0 Å². The highest BCUT2D eigenvalue weighted by molar-refractivity contribution is 7.99. The van der Waals surface area contributed by atoms with Gasteiger partial charge in [0.2, 0.25) is 0 Å². The monoisotopic (exact) mass is 256 g/mol. The lowest BCUT2D eigenvalue weighted by molar-refractivity contribution is 0.683. The molecule has 2 aromatic rings. The topological polar surface area (TPSA) is 38.9 Å². The first-order chi connectivity index (χ1) is 8.81. The summed E-state index contributed by atoms with van der Waals surface area (Å²) in [6.45, 7) is 0. The molecule has 1 heterocycles. The predicted molar refractivity (Wildman–Crippen MR) is 75.9 cm³/mol. The Morgan fingerprint density at radius 1 is 0.944 bits per heavy atom. The van der Waals surface area contributed by atoms with Crippen molar-refractivity contribution in [1.82, 2.24) is 4.98 Å². The van der Waals surface area contributed by atoms with Crippen LogP contribution in [-0.2, 0) is 12.8 Å². The molecule has 0 radical (unpaired) electrons. The Hall–Kier alpha value is -1.48. The summed E-state index contributed by atoms with van der Waals surface area (Å²) in [5.74, 6) is 0.574. The molecule has 0 spiro atoms. The van der Waals surface area contributed by atoms with Crippen molar-refractivity contribution in [3.63, 3.8) is 0 Å². The van der Waals surface area contributed by atoms with Gasteiger partial charge in [0.25, 0.3) is 0 Å². The zero-order valence-electron chi connectivity index (χ0n) is 10.2. The smallest absolute Gasteiger partial charge is 0.123 e. The average Bonchev–Trinajstić information content (AvgIpc) is 2.41. The van der Waals surface area contributed by atoms with Crippen molar-refractivity contribution in [3.8, 4) is 0 Å². The van der Waals surface area contributed by atoms with Gasteiger partial charge in [-0.25, -0.2) is 4.98 Å². The maximum Gasteiger partial charge on any atom is 0.123 e. The lowest BCUT2D eigenvalue weighted by Crippen LogP contribution is -2.01. The van der Waals surface area contributed by atoms with Gasteiger partial charge in [-0.05, 0) is 61.1 Å². The Bertz CT molecular complexity index is 549. The molecule has 0 saturated heterocycles. The number of benzene rings is 1. The number of nitrogen functional groups attached to an aromatic ring is 1. The summed E-state index contributed by atoms with van der Waals surface area (Å²) in [7, 11) is 0. The van der Waals surface area contributed by atoms with E-state index < -0.39 is 0 Å². The first-order valence-electron chi connectivity index (χ1n) is 6.32. The number of hydrogen-bond acceptors (Lipinski definition) is 3. The summed E-state index contributed by atoms with van der Waals surface area (Å²) >= 11 is 1.75. The summed E-state index contributed by atoms with van der Waals surface area (Å²) in [5.41, 5.74) is 8.64. The molecule has 3 heteroatoms. The van der Waals surface area contributed by atoms with Crippen molar-refractivity contribution in [2.75, 3.05) is 5.73 Å². The Morgan fingerprint density at radius 2 is 1.72 bits per heavy atom. The second-order valence-corrected chi connectivity index (χ2v) is 5.81. The number of hydrogen-bond donors (Lipinski definition) is 1. The molecule has 92 valence electrons. The minimum atomic E-state index is 0.574. The van der Waals surface area contributed by atoms with Gasteiger partial charge < -0.3 is 5.73 Å². The number of fused-ring (bicyclic) bond motifs is 1. The van der Waals surface area contributed by atoms with Gasteiger partial charge in [0, 0.05) is 16.0 Å². The van der Waals surface area contributed by atoms with Crippen LogP contribution in [0.1, 0.15) is 24.0 Å². The van der Waals surface area contributed by atoms with Crippen LogP contribution in [0.3, 0.4) is 0 Å². The molecule has 1 aromatic heterocycles. The first kappa shape index (κ1) is 11.6. The number of rotatable bonds is 2. The van der Waals surface area contributed by atoms with E-state index in [1.54, 1.807) is 11.8 Å². The van der Waals surface area contributed by atoms with Gasteiger partial charge in [0.05, 0.1) is 0 Å². The van der Waals surface area contributed by atoms with Gasteiger partial charge in [-0.1, -0.05) is 17.8 Å². The van der Waals surface area contributed by atoms with Crippen molar-refractivity contribution in [3.05, 3.63) is 47.7 Å². The van der Waals surface area contributed by atoms with Crippen LogP contribution in [0.25, 0.3) is 0 Å². The Morgan fingerprint density at radius 3 is 2.50 bits per heavy atom. The summed E-state index contributed by atoms with van der Waals surface area (Å²) in [4.78, 5) is 6.55. The second kappa shape index (κ2) is 5.02. The predicted octanol–water partition coefficient (Wildman–Crippen LogP) is 3.69. The van der Waals surface area contributed by atoms with Gasteiger partial charge in [-0.3, -0.25) is 0 Å². The van der Waals surface area contributed by atoms with Crippen molar-refractivity contribution >= 4 is 17.6 Å². The number of nitrogens with zero attached hydrogens (tertiary/aromatic N) is 1. The maximum absolute atomic E-state index is 5.59. The molecular formula is C15H16N2S. The minimum Gasteiger partial charge on any atom is -0.384 e. The number of aromatic nitrogens is 1. The molecule has 3 rings (SSSR count). The highest BCUT2D eigenvalue weighted by atomic mass is 32.2. The Balaban J connectivity index is 1.82. The molecule has 0 amide bonds. The van der Waals surface area contributed by atoms with Crippen molar-refractivity contribution in [2.24, 2.45) is 0 Å². The third kappa shape index (κ3) is 2.51. The molecule has 0 fully saturated rings. The van der Waals surface area contributed by atoms with E-state index in [2.05, 4.69) is 23.2 Å². The number of pyridine rings is 1. The third-order valence-corrected chi connectivity index (χ3v) is 4.28. The van der Waals surface area contributed by atoms with Crippen molar-refractivity contribution in [1.29, 1.82) is 0 Å². The molecule has 18 heavy (non-hydrogen) atoms. The molecule has 1 aliphatic carbocycles. The van der Waals surface area contributed by atoms with E-state index >= 15 is 0 Å². The lowest BCUT2D eigenvalue weighted by atomic mass is 9.92. The number of anilines is 1. The summed E-state index contributed by atoms with van der Waals surface area (Å²) in [6.07, 6.45) is 6.96. The molecule has 0 aliphatic heterocycles. The molecule has 2 nitrogen and oxygen atoms in total. The van der Waals surface area contributed by atoms with Crippen LogP contribution in [-0.4, -0.2) is 4.98 Å².